The maximum Gasteiger partial charge on any atom is 0.269 e. The van der Waals surface area contributed by atoms with Crippen molar-refractivity contribution in [2.45, 2.75) is 0 Å². The fourth-order valence-corrected chi connectivity index (χ4v) is 1.93. The van der Waals surface area contributed by atoms with Crippen LogP contribution in [-0.4, -0.2) is 16.9 Å². The van der Waals surface area contributed by atoms with Crippen molar-refractivity contribution in [1.82, 2.24) is 10.9 Å². The molecule has 0 heterocycles. The molecule has 6 heteroatoms. The van der Waals surface area contributed by atoms with Gasteiger partial charge in [0.05, 0.1) is 0 Å². The van der Waals surface area contributed by atoms with Gasteiger partial charge in [0, 0.05) is 15.6 Å². The first-order valence-corrected chi connectivity index (χ1v) is 6.51. The van der Waals surface area contributed by atoms with Gasteiger partial charge in [0.1, 0.15) is 5.75 Å². The van der Waals surface area contributed by atoms with E-state index in [1.807, 2.05) is 0 Å². The lowest BCUT2D eigenvalue weighted by atomic mass is 10.2. The van der Waals surface area contributed by atoms with Crippen molar-refractivity contribution in [3.63, 3.8) is 0 Å². The van der Waals surface area contributed by atoms with Gasteiger partial charge in [-0.3, -0.25) is 20.4 Å². The minimum Gasteiger partial charge on any atom is -0.508 e. The van der Waals surface area contributed by atoms with E-state index in [0.29, 0.717) is 5.56 Å². The molecule has 0 saturated heterocycles. The molecule has 0 bridgehead atoms. The lowest BCUT2D eigenvalue weighted by molar-refractivity contribution is 0.0846. The Labute approximate surface area is 123 Å². The van der Waals surface area contributed by atoms with Gasteiger partial charge in [0.15, 0.2) is 0 Å². The van der Waals surface area contributed by atoms with Crippen molar-refractivity contribution in [2.75, 3.05) is 0 Å². The molecule has 0 saturated carbocycles. The maximum atomic E-state index is 11.8. The highest BCUT2D eigenvalue weighted by Crippen LogP contribution is 2.12. The number of phenols is 1. The molecular formula is C14H11BrN2O3. The number of hydrazine groups is 1. The molecule has 0 spiro atoms. The summed E-state index contributed by atoms with van der Waals surface area (Å²) in [6, 6.07) is 12.6. The van der Waals surface area contributed by atoms with E-state index in [4.69, 9.17) is 0 Å². The van der Waals surface area contributed by atoms with E-state index in [1.165, 1.54) is 18.2 Å². The zero-order valence-electron chi connectivity index (χ0n) is 10.3. The van der Waals surface area contributed by atoms with Crippen molar-refractivity contribution in [3.05, 3.63) is 64.1 Å². The Hall–Kier alpha value is -2.34. The van der Waals surface area contributed by atoms with Gasteiger partial charge in [0.25, 0.3) is 11.8 Å². The number of carbonyl (C=O) groups is 2. The molecule has 0 aliphatic rings. The van der Waals surface area contributed by atoms with Gasteiger partial charge in [-0.05, 0) is 36.4 Å². The Balaban J connectivity index is 1.98. The van der Waals surface area contributed by atoms with Crippen LogP contribution >= 0.6 is 15.9 Å². The molecule has 3 N–H and O–H groups in total. The monoisotopic (exact) mass is 334 g/mol. The third kappa shape index (κ3) is 3.58. The number of phenolic OH excluding ortho intramolecular Hbond substituents is 1. The standard InChI is InChI=1S/C14H11BrN2O3/c15-11-5-1-3-9(7-11)13(19)16-17-14(20)10-4-2-6-12(18)8-10/h1-8,18H,(H,16,19)(H,17,20). The van der Waals surface area contributed by atoms with Crippen molar-refractivity contribution >= 4 is 27.7 Å². The van der Waals surface area contributed by atoms with Crippen LogP contribution in [0.2, 0.25) is 0 Å². The van der Waals surface area contributed by atoms with Crippen molar-refractivity contribution in [1.29, 1.82) is 0 Å². The first kappa shape index (κ1) is 14.1. The minimum atomic E-state index is -0.510. The number of nitrogens with one attached hydrogen (secondary N) is 2. The van der Waals surface area contributed by atoms with Crippen LogP contribution in [0.4, 0.5) is 0 Å². The highest BCUT2D eigenvalue weighted by molar-refractivity contribution is 9.10. The van der Waals surface area contributed by atoms with E-state index < -0.39 is 11.8 Å². The molecule has 5 nitrogen and oxygen atoms in total. The molecule has 0 aromatic heterocycles. The molecular weight excluding hydrogens is 324 g/mol. The van der Waals surface area contributed by atoms with Crippen molar-refractivity contribution in [3.8, 4) is 5.75 Å². The predicted molar refractivity (Wildman–Crippen MR) is 77.2 cm³/mol. The summed E-state index contributed by atoms with van der Waals surface area (Å²) in [5.74, 6) is -0.958. The van der Waals surface area contributed by atoms with Gasteiger partial charge in [0.2, 0.25) is 0 Å². The smallest absolute Gasteiger partial charge is 0.269 e. The number of carbonyl (C=O) groups excluding carboxylic acids is 2. The molecule has 20 heavy (non-hydrogen) atoms. The molecule has 102 valence electrons. The largest absolute Gasteiger partial charge is 0.508 e. The van der Waals surface area contributed by atoms with Crippen LogP contribution in [0.15, 0.2) is 53.0 Å². The summed E-state index contributed by atoms with van der Waals surface area (Å²) in [6.07, 6.45) is 0. The van der Waals surface area contributed by atoms with Crippen LogP contribution in [0, 0.1) is 0 Å². The second-order valence-electron chi connectivity index (χ2n) is 3.97. The van der Waals surface area contributed by atoms with E-state index >= 15 is 0 Å². The molecule has 2 aromatic carbocycles. The molecule has 0 radical (unpaired) electrons. The zero-order chi connectivity index (χ0) is 14.5. The van der Waals surface area contributed by atoms with Crippen LogP contribution in [0.1, 0.15) is 20.7 Å². The Morgan fingerprint density at radius 3 is 2.00 bits per heavy atom. The third-order valence-electron chi connectivity index (χ3n) is 2.48. The lowest BCUT2D eigenvalue weighted by Crippen LogP contribution is -2.41. The molecule has 0 atom stereocenters. The van der Waals surface area contributed by atoms with Gasteiger partial charge in [-0.1, -0.05) is 28.1 Å². The predicted octanol–water partition coefficient (Wildman–Crippen LogP) is 2.23. The number of rotatable bonds is 2. The van der Waals surface area contributed by atoms with Crippen LogP contribution < -0.4 is 10.9 Å². The van der Waals surface area contributed by atoms with Gasteiger partial charge in [-0.2, -0.15) is 0 Å². The molecule has 2 amide bonds. The Kier molecular flexibility index (Phi) is 4.37. The van der Waals surface area contributed by atoms with E-state index in [2.05, 4.69) is 26.8 Å². The number of aromatic hydroxyl groups is 1. The molecule has 0 unspecified atom stereocenters. The Bertz CT molecular complexity index is 601. The molecule has 0 aliphatic heterocycles. The number of amides is 2. The summed E-state index contributed by atoms with van der Waals surface area (Å²) in [6.45, 7) is 0. The zero-order valence-corrected chi connectivity index (χ0v) is 11.8. The fraction of sp³-hybridized carbons (Fsp3) is 0. The van der Waals surface area contributed by atoms with Crippen molar-refractivity contribution in [2.24, 2.45) is 0 Å². The normalized spacial score (nSPS) is 9.85. The lowest BCUT2D eigenvalue weighted by Gasteiger charge is -2.07. The molecule has 0 aliphatic carbocycles. The number of benzene rings is 2. The van der Waals surface area contributed by atoms with E-state index in [0.717, 1.165) is 4.47 Å². The number of halogens is 1. The second kappa shape index (κ2) is 6.21. The summed E-state index contributed by atoms with van der Waals surface area (Å²) < 4.78 is 0.768. The molecule has 2 aromatic rings. The van der Waals surface area contributed by atoms with Gasteiger partial charge < -0.3 is 5.11 Å². The summed E-state index contributed by atoms with van der Waals surface area (Å²) in [4.78, 5) is 23.6. The SMILES string of the molecule is O=C(NNC(=O)c1cccc(Br)c1)c1cccc(O)c1. The topological polar surface area (TPSA) is 78.4 Å². The van der Waals surface area contributed by atoms with Crippen LogP contribution in [0.5, 0.6) is 5.75 Å². The third-order valence-corrected chi connectivity index (χ3v) is 2.98. The summed E-state index contributed by atoms with van der Waals surface area (Å²) >= 11 is 3.26. The van der Waals surface area contributed by atoms with Gasteiger partial charge in [-0.25, -0.2) is 0 Å². The fourth-order valence-electron chi connectivity index (χ4n) is 1.53. The van der Waals surface area contributed by atoms with Crippen LogP contribution in [-0.2, 0) is 0 Å². The first-order chi connectivity index (χ1) is 9.56. The average Bonchev–Trinajstić information content (AvgIpc) is 2.44. The van der Waals surface area contributed by atoms with E-state index in [1.54, 1.807) is 30.3 Å². The van der Waals surface area contributed by atoms with Crippen molar-refractivity contribution < 1.29 is 14.7 Å². The van der Waals surface area contributed by atoms with Gasteiger partial charge in [-0.15, -0.1) is 0 Å². The van der Waals surface area contributed by atoms with E-state index in [-0.39, 0.29) is 11.3 Å². The highest BCUT2D eigenvalue weighted by Gasteiger charge is 2.09. The Morgan fingerprint density at radius 2 is 1.45 bits per heavy atom. The van der Waals surface area contributed by atoms with E-state index in [9.17, 15) is 14.7 Å². The molecule has 2 rings (SSSR count). The average molecular weight is 335 g/mol. The summed E-state index contributed by atoms with van der Waals surface area (Å²) in [5, 5.41) is 9.28. The maximum absolute atomic E-state index is 11.8. The number of hydrogen-bond acceptors (Lipinski definition) is 3. The first-order valence-electron chi connectivity index (χ1n) is 5.71. The minimum absolute atomic E-state index is 0.0176. The summed E-state index contributed by atoms with van der Waals surface area (Å²) in [5.41, 5.74) is 5.24. The summed E-state index contributed by atoms with van der Waals surface area (Å²) in [7, 11) is 0. The van der Waals surface area contributed by atoms with Gasteiger partial charge >= 0.3 is 0 Å². The number of hydrogen-bond donors (Lipinski definition) is 3. The Morgan fingerprint density at radius 1 is 0.900 bits per heavy atom. The molecule has 0 fully saturated rings. The van der Waals surface area contributed by atoms with Crippen LogP contribution in [0.3, 0.4) is 0 Å². The quantitative estimate of drug-likeness (QED) is 0.737. The second-order valence-corrected chi connectivity index (χ2v) is 4.88. The highest BCUT2D eigenvalue weighted by atomic mass is 79.9. The van der Waals surface area contributed by atoms with Crippen LogP contribution in [0.25, 0.3) is 0 Å².